The molecule has 1 atom stereocenters. The van der Waals surface area contributed by atoms with Gasteiger partial charge < -0.3 is 15.6 Å². The molecule has 0 radical (unpaired) electrons. The van der Waals surface area contributed by atoms with Gasteiger partial charge in [-0.15, -0.1) is 0 Å². The Bertz CT molecular complexity index is 447. The Balaban J connectivity index is 2.96. The summed E-state index contributed by atoms with van der Waals surface area (Å²) in [5, 5.41) is 8.72. The molecule has 5 nitrogen and oxygen atoms in total. The number of rotatable bonds is 4. The predicted octanol–water partition coefficient (Wildman–Crippen LogP) is 0.567. The molecule has 1 aromatic carbocycles. The van der Waals surface area contributed by atoms with E-state index in [1.165, 1.54) is 19.2 Å². The van der Waals surface area contributed by atoms with Gasteiger partial charge in [-0.1, -0.05) is 12.1 Å². The highest BCUT2D eigenvalue weighted by Crippen LogP contribution is 2.14. The van der Waals surface area contributed by atoms with E-state index in [2.05, 4.69) is 4.74 Å². The van der Waals surface area contributed by atoms with Crippen LogP contribution in [-0.4, -0.2) is 30.2 Å². The number of carboxylic acid groups (broad SMARTS) is 1. The number of methoxy groups -OCH3 is 1. The number of hydrogen-bond donors (Lipinski definition) is 2. The van der Waals surface area contributed by atoms with Gasteiger partial charge in [0.05, 0.1) is 12.7 Å². The van der Waals surface area contributed by atoms with Crippen LogP contribution in [0.25, 0.3) is 0 Å². The molecule has 6 heteroatoms. The second kappa shape index (κ2) is 5.40. The van der Waals surface area contributed by atoms with Crippen molar-refractivity contribution < 1.29 is 23.8 Å². The Morgan fingerprint density at radius 2 is 2.18 bits per heavy atom. The van der Waals surface area contributed by atoms with E-state index in [9.17, 15) is 14.0 Å². The lowest BCUT2D eigenvalue weighted by Gasteiger charge is -2.10. The van der Waals surface area contributed by atoms with Crippen LogP contribution in [0.2, 0.25) is 0 Å². The van der Waals surface area contributed by atoms with Crippen LogP contribution in [0.15, 0.2) is 18.2 Å². The first-order valence-corrected chi connectivity index (χ1v) is 4.81. The first-order valence-electron chi connectivity index (χ1n) is 4.81. The standard InChI is InChI=1S/C11H12FNO4/c1-17-11(16)8(13)5-6-3-2-4-7(9(6)12)10(14)15/h2-4,8H,5,13H2,1H3,(H,14,15)/t8-/m0/s1. The Kier molecular flexibility index (Phi) is 4.17. The van der Waals surface area contributed by atoms with Gasteiger partial charge in [-0.25, -0.2) is 9.18 Å². The molecule has 0 spiro atoms. The van der Waals surface area contributed by atoms with Crippen molar-refractivity contribution in [2.75, 3.05) is 7.11 Å². The molecule has 0 bridgehead atoms. The van der Waals surface area contributed by atoms with Gasteiger partial charge in [0.2, 0.25) is 0 Å². The Morgan fingerprint density at radius 1 is 1.53 bits per heavy atom. The average molecular weight is 241 g/mol. The highest BCUT2D eigenvalue weighted by Gasteiger charge is 2.19. The number of aromatic carboxylic acids is 1. The molecule has 92 valence electrons. The van der Waals surface area contributed by atoms with Gasteiger partial charge in [0, 0.05) is 6.42 Å². The minimum Gasteiger partial charge on any atom is -0.478 e. The smallest absolute Gasteiger partial charge is 0.338 e. The van der Waals surface area contributed by atoms with Crippen LogP contribution in [0.4, 0.5) is 4.39 Å². The molecular weight excluding hydrogens is 229 g/mol. The van der Waals surface area contributed by atoms with Gasteiger partial charge in [-0.3, -0.25) is 4.79 Å². The van der Waals surface area contributed by atoms with E-state index in [0.29, 0.717) is 0 Å². The van der Waals surface area contributed by atoms with Crippen molar-refractivity contribution >= 4 is 11.9 Å². The summed E-state index contributed by atoms with van der Waals surface area (Å²) in [6.45, 7) is 0. The van der Waals surface area contributed by atoms with Crippen molar-refractivity contribution in [2.24, 2.45) is 5.73 Å². The SMILES string of the molecule is COC(=O)[C@@H](N)Cc1cccc(C(=O)O)c1F. The summed E-state index contributed by atoms with van der Waals surface area (Å²) < 4.78 is 18.1. The number of carbonyl (C=O) groups excluding carboxylic acids is 1. The molecule has 17 heavy (non-hydrogen) atoms. The van der Waals surface area contributed by atoms with Crippen molar-refractivity contribution in [3.05, 3.63) is 35.1 Å². The maximum absolute atomic E-state index is 13.7. The van der Waals surface area contributed by atoms with E-state index >= 15 is 0 Å². The fourth-order valence-corrected chi connectivity index (χ4v) is 1.37. The molecule has 0 heterocycles. The van der Waals surface area contributed by atoms with E-state index in [-0.39, 0.29) is 12.0 Å². The van der Waals surface area contributed by atoms with Gasteiger partial charge in [0.25, 0.3) is 0 Å². The van der Waals surface area contributed by atoms with E-state index in [1.807, 2.05) is 0 Å². The number of ether oxygens (including phenoxy) is 1. The van der Waals surface area contributed by atoms with Crippen molar-refractivity contribution in [3.8, 4) is 0 Å². The molecule has 0 amide bonds. The summed E-state index contributed by atoms with van der Waals surface area (Å²) in [6.07, 6.45) is -0.111. The predicted molar refractivity (Wildman–Crippen MR) is 57.1 cm³/mol. The zero-order valence-corrected chi connectivity index (χ0v) is 9.14. The normalized spacial score (nSPS) is 11.9. The van der Waals surface area contributed by atoms with Crippen LogP contribution < -0.4 is 5.73 Å². The van der Waals surface area contributed by atoms with Crippen LogP contribution in [0.1, 0.15) is 15.9 Å². The topological polar surface area (TPSA) is 89.6 Å². The van der Waals surface area contributed by atoms with Crippen LogP contribution in [-0.2, 0) is 16.0 Å². The molecule has 0 saturated heterocycles. The number of carbonyl (C=O) groups is 2. The second-order valence-corrected chi connectivity index (χ2v) is 3.42. The zero-order chi connectivity index (χ0) is 13.0. The minimum absolute atomic E-state index is 0.0720. The fourth-order valence-electron chi connectivity index (χ4n) is 1.37. The average Bonchev–Trinajstić information content (AvgIpc) is 2.30. The molecule has 0 aliphatic carbocycles. The summed E-state index contributed by atoms with van der Waals surface area (Å²) in [6, 6.07) is 2.90. The lowest BCUT2D eigenvalue weighted by atomic mass is 10.0. The summed E-state index contributed by atoms with van der Waals surface area (Å²) in [5.41, 5.74) is 5.09. The number of nitrogens with two attached hydrogens (primary N) is 1. The summed E-state index contributed by atoms with van der Waals surface area (Å²) in [5.74, 6) is -2.92. The summed E-state index contributed by atoms with van der Waals surface area (Å²) in [4.78, 5) is 21.7. The van der Waals surface area contributed by atoms with Crippen LogP contribution in [0, 0.1) is 5.82 Å². The van der Waals surface area contributed by atoms with E-state index in [0.717, 1.165) is 6.07 Å². The Morgan fingerprint density at radius 3 is 2.71 bits per heavy atom. The minimum atomic E-state index is -1.36. The molecule has 0 unspecified atom stereocenters. The third kappa shape index (κ3) is 3.01. The molecular formula is C11H12FNO4. The molecule has 0 fully saturated rings. The maximum atomic E-state index is 13.7. The largest absolute Gasteiger partial charge is 0.478 e. The van der Waals surface area contributed by atoms with Gasteiger partial charge in [0.1, 0.15) is 11.9 Å². The number of carboxylic acids is 1. The van der Waals surface area contributed by atoms with Crippen LogP contribution >= 0.6 is 0 Å². The Hall–Kier alpha value is -1.95. The first-order chi connectivity index (χ1) is 7.97. The molecule has 0 saturated carbocycles. The fraction of sp³-hybridized carbons (Fsp3) is 0.273. The molecule has 0 aromatic heterocycles. The number of esters is 1. The third-order valence-corrected chi connectivity index (χ3v) is 2.25. The lowest BCUT2D eigenvalue weighted by Crippen LogP contribution is -2.34. The van der Waals surface area contributed by atoms with Crippen molar-refractivity contribution in [1.82, 2.24) is 0 Å². The van der Waals surface area contributed by atoms with E-state index in [4.69, 9.17) is 10.8 Å². The highest BCUT2D eigenvalue weighted by molar-refractivity contribution is 5.88. The summed E-state index contributed by atoms with van der Waals surface area (Å²) >= 11 is 0. The van der Waals surface area contributed by atoms with Gasteiger partial charge >= 0.3 is 11.9 Å². The number of benzene rings is 1. The van der Waals surface area contributed by atoms with Crippen LogP contribution in [0.5, 0.6) is 0 Å². The monoisotopic (exact) mass is 241 g/mol. The lowest BCUT2D eigenvalue weighted by molar-refractivity contribution is -0.142. The van der Waals surface area contributed by atoms with Gasteiger partial charge in [0.15, 0.2) is 0 Å². The van der Waals surface area contributed by atoms with Gasteiger partial charge in [-0.05, 0) is 11.6 Å². The van der Waals surface area contributed by atoms with E-state index < -0.39 is 29.4 Å². The second-order valence-electron chi connectivity index (χ2n) is 3.42. The van der Waals surface area contributed by atoms with Crippen molar-refractivity contribution in [3.63, 3.8) is 0 Å². The first kappa shape index (κ1) is 13.1. The molecule has 1 aromatic rings. The molecule has 3 N–H and O–H groups in total. The molecule has 0 aliphatic rings. The molecule has 1 rings (SSSR count). The van der Waals surface area contributed by atoms with Crippen LogP contribution in [0.3, 0.4) is 0 Å². The third-order valence-electron chi connectivity index (χ3n) is 2.25. The van der Waals surface area contributed by atoms with Crippen molar-refractivity contribution in [1.29, 1.82) is 0 Å². The highest BCUT2D eigenvalue weighted by atomic mass is 19.1. The van der Waals surface area contributed by atoms with Gasteiger partial charge in [-0.2, -0.15) is 0 Å². The summed E-state index contributed by atoms with van der Waals surface area (Å²) in [7, 11) is 1.17. The number of halogens is 1. The van der Waals surface area contributed by atoms with E-state index in [1.54, 1.807) is 0 Å². The number of hydrogen-bond acceptors (Lipinski definition) is 4. The van der Waals surface area contributed by atoms with Crippen molar-refractivity contribution in [2.45, 2.75) is 12.5 Å². The quantitative estimate of drug-likeness (QED) is 0.752. The zero-order valence-electron chi connectivity index (χ0n) is 9.14. The molecule has 0 aliphatic heterocycles. The maximum Gasteiger partial charge on any atom is 0.338 e. The Labute approximate surface area is 97.0 Å².